The second-order valence-electron chi connectivity index (χ2n) is 12.5. The number of hydrogen-bond donors (Lipinski definition) is 0. The van der Waals surface area contributed by atoms with Crippen LogP contribution in [0.4, 0.5) is 30.2 Å². The van der Waals surface area contributed by atoms with Crippen LogP contribution in [0.5, 0.6) is 5.75 Å². The first-order valence-corrected chi connectivity index (χ1v) is 19.6. The standard InChI is InChI=1S/C43H26F3NO3S3/c44-43(45,46)53(48,49)50-33-25-37-36-24-30(28-11-9-10-27(22-28)29-18-20-40-35(23-29)34-16-7-8-17-39(34)51-40)19-21-41(36)52-42(37)38(26-33)47(31-12-3-1-4-13-31)32-14-5-2-6-15-32/h1-26H. The number of fused-ring (bicyclic) bond motifs is 6. The third-order valence-corrected chi connectivity index (χ3v) is 12.5. The number of rotatable bonds is 7. The maximum absolute atomic E-state index is 13.6. The quantitative estimate of drug-likeness (QED) is 0.120. The Bertz CT molecular complexity index is 2900. The van der Waals surface area contributed by atoms with E-state index in [-0.39, 0.29) is 0 Å². The maximum Gasteiger partial charge on any atom is 0.534 e. The van der Waals surface area contributed by atoms with Crippen LogP contribution in [0.1, 0.15) is 0 Å². The van der Waals surface area contributed by atoms with Gasteiger partial charge in [0.25, 0.3) is 0 Å². The molecule has 0 fully saturated rings. The van der Waals surface area contributed by atoms with Crippen molar-refractivity contribution in [3.63, 3.8) is 0 Å². The highest BCUT2D eigenvalue weighted by Gasteiger charge is 2.48. The molecule has 0 N–H and O–H groups in total. The molecule has 0 aliphatic rings. The summed E-state index contributed by atoms with van der Waals surface area (Å²) >= 11 is 3.25. The van der Waals surface area contributed by atoms with E-state index in [0.717, 1.165) is 48.4 Å². The fourth-order valence-corrected chi connectivity index (χ4v) is 9.47. The lowest BCUT2D eigenvalue weighted by Gasteiger charge is -2.26. The molecule has 0 radical (unpaired) electrons. The second-order valence-corrected chi connectivity index (χ2v) is 16.2. The zero-order valence-corrected chi connectivity index (χ0v) is 30.0. The molecule has 9 aromatic rings. The van der Waals surface area contributed by atoms with Crippen molar-refractivity contribution in [1.82, 2.24) is 0 Å². The number of hydrogen-bond acceptors (Lipinski definition) is 6. The monoisotopic (exact) mass is 757 g/mol. The van der Waals surface area contributed by atoms with E-state index < -0.39 is 21.4 Å². The zero-order chi connectivity index (χ0) is 36.3. The highest BCUT2D eigenvalue weighted by Crippen LogP contribution is 2.48. The predicted molar refractivity (Wildman–Crippen MR) is 213 cm³/mol. The van der Waals surface area contributed by atoms with Crippen LogP contribution < -0.4 is 9.08 Å². The summed E-state index contributed by atoms with van der Waals surface area (Å²) in [6.07, 6.45) is 0. The lowest BCUT2D eigenvalue weighted by Crippen LogP contribution is -2.28. The van der Waals surface area contributed by atoms with Crippen molar-refractivity contribution in [2.75, 3.05) is 4.90 Å². The Morgan fingerprint density at radius 2 is 1.02 bits per heavy atom. The van der Waals surface area contributed by atoms with Gasteiger partial charge in [-0.1, -0.05) is 84.9 Å². The third kappa shape index (κ3) is 5.98. The molecular formula is C43H26F3NO3S3. The summed E-state index contributed by atoms with van der Waals surface area (Å²) in [6, 6.07) is 50.7. The van der Waals surface area contributed by atoms with E-state index >= 15 is 0 Å². The van der Waals surface area contributed by atoms with Crippen LogP contribution in [-0.4, -0.2) is 13.9 Å². The third-order valence-electron chi connectivity index (χ3n) is 9.19. The molecule has 0 saturated carbocycles. The lowest BCUT2D eigenvalue weighted by atomic mass is 9.97. The zero-order valence-electron chi connectivity index (χ0n) is 27.5. The molecule has 7 aromatic carbocycles. The summed E-state index contributed by atoms with van der Waals surface area (Å²) in [4.78, 5) is 1.89. The first-order chi connectivity index (χ1) is 25.6. The lowest BCUT2D eigenvalue weighted by molar-refractivity contribution is -0.0500. The second kappa shape index (κ2) is 12.8. The molecule has 2 aromatic heterocycles. The number of halogens is 3. The Labute approximate surface area is 310 Å². The minimum atomic E-state index is -5.95. The van der Waals surface area contributed by atoms with Gasteiger partial charge in [0.2, 0.25) is 0 Å². The van der Waals surface area contributed by atoms with Crippen LogP contribution in [0.25, 0.3) is 62.6 Å². The van der Waals surface area contributed by atoms with Gasteiger partial charge in [0, 0.05) is 53.1 Å². The van der Waals surface area contributed by atoms with Crippen molar-refractivity contribution in [3.05, 3.63) is 158 Å². The van der Waals surface area contributed by atoms with E-state index in [2.05, 4.69) is 54.6 Å². The highest BCUT2D eigenvalue weighted by molar-refractivity contribution is 7.88. The molecule has 0 bridgehead atoms. The molecule has 0 spiro atoms. The number of anilines is 3. The molecule has 0 aliphatic heterocycles. The van der Waals surface area contributed by atoms with E-state index in [1.807, 2.05) is 95.9 Å². The van der Waals surface area contributed by atoms with Crippen molar-refractivity contribution in [2.45, 2.75) is 5.51 Å². The summed E-state index contributed by atoms with van der Waals surface area (Å²) in [5.41, 5.74) is 0.348. The fourth-order valence-electron chi connectivity index (χ4n) is 6.77. The molecule has 53 heavy (non-hydrogen) atoms. The number of alkyl halides is 3. The normalized spacial score (nSPS) is 12.2. The van der Waals surface area contributed by atoms with E-state index in [4.69, 9.17) is 4.18 Å². The van der Waals surface area contributed by atoms with E-state index in [1.54, 1.807) is 11.3 Å². The average Bonchev–Trinajstić information content (AvgIpc) is 3.73. The van der Waals surface area contributed by atoms with Crippen molar-refractivity contribution >= 4 is 90.2 Å². The summed E-state index contributed by atoms with van der Waals surface area (Å²) in [7, 11) is -5.95. The van der Waals surface area contributed by atoms with Crippen LogP contribution in [0.15, 0.2) is 158 Å². The Balaban J connectivity index is 1.21. The van der Waals surface area contributed by atoms with Gasteiger partial charge in [-0.05, 0) is 89.0 Å². The van der Waals surface area contributed by atoms with Gasteiger partial charge in [-0.3, -0.25) is 0 Å². The molecule has 2 heterocycles. The molecule has 9 rings (SSSR count). The number of thiophene rings is 2. The number of benzene rings is 7. The van der Waals surface area contributed by atoms with Gasteiger partial charge >= 0.3 is 15.6 Å². The van der Waals surface area contributed by atoms with E-state index in [9.17, 15) is 21.6 Å². The van der Waals surface area contributed by atoms with Gasteiger partial charge in [0.1, 0.15) is 5.75 Å². The Morgan fingerprint density at radius 3 is 1.64 bits per heavy atom. The molecule has 0 aliphatic carbocycles. The van der Waals surface area contributed by atoms with Gasteiger partial charge in [-0.2, -0.15) is 21.6 Å². The smallest absolute Gasteiger partial charge is 0.376 e. The van der Waals surface area contributed by atoms with Crippen LogP contribution in [0, 0.1) is 0 Å². The number of nitrogens with zero attached hydrogens (tertiary/aromatic N) is 1. The maximum atomic E-state index is 13.6. The van der Waals surface area contributed by atoms with Gasteiger partial charge in [0.15, 0.2) is 0 Å². The summed E-state index contributed by atoms with van der Waals surface area (Å²) in [5.74, 6) is -0.440. The first kappa shape index (κ1) is 33.2. The van der Waals surface area contributed by atoms with Gasteiger partial charge in [-0.15, -0.1) is 22.7 Å². The Kier molecular flexibility index (Phi) is 7.99. The summed E-state index contributed by atoms with van der Waals surface area (Å²) in [6.45, 7) is 0. The Morgan fingerprint density at radius 1 is 0.491 bits per heavy atom. The summed E-state index contributed by atoms with van der Waals surface area (Å²) in [5, 5.41) is 3.76. The average molecular weight is 758 g/mol. The molecule has 0 unspecified atom stereocenters. The van der Waals surface area contributed by atoms with Gasteiger partial charge in [-0.25, -0.2) is 0 Å². The van der Waals surface area contributed by atoms with Crippen molar-refractivity contribution < 1.29 is 25.8 Å². The van der Waals surface area contributed by atoms with Crippen molar-refractivity contribution in [3.8, 4) is 28.0 Å². The minimum absolute atomic E-state index is 0.440. The fraction of sp³-hybridized carbons (Fsp3) is 0.0233. The minimum Gasteiger partial charge on any atom is -0.376 e. The molecule has 4 nitrogen and oxygen atoms in total. The van der Waals surface area contributed by atoms with Gasteiger partial charge < -0.3 is 9.08 Å². The van der Waals surface area contributed by atoms with Crippen LogP contribution in [0.3, 0.4) is 0 Å². The topological polar surface area (TPSA) is 46.6 Å². The molecule has 260 valence electrons. The first-order valence-electron chi connectivity index (χ1n) is 16.6. The van der Waals surface area contributed by atoms with E-state index in [1.165, 1.54) is 43.6 Å². The number of para-hydroxylation sites is 2. The SMILES string of the molecule is O=S(=O)(Oc1cc(N(c2ccccc2)c2ccccc2)c2sc3ccc(-c4cccc(-c5ccc6sc7ccccc7c6c5)c4)cc3c2c1)C(F)(F)F. The predicted octanol–water partition coefficient (Wildman–Crippen LogP) is 13.5. The van der Waals surface area contributed by atoms with Crippen LogP contribution >= 0.6 is 22.7 Å². The molecule has 0 atom stereocenters. The van der Waals surface area contributed by atoms with E-state index in [0.29, 0.717) is 11.1 Å². The molecule has 0 saturated heterocycles. The van der Waals surface area contributed by atoms with Gasteiger partial charge in [0.05, 0.1) is 10.4 Å². The van der Waals surface area contributed by atoms with Crippen molar-refractivity contribution in [1.29, 1.82) is 0 Å². The molecular weight excluding hydrogens is 732 g/mol. The van der Waals surface area contributed by atoms with Crippen LogP contribution in [-0.2, 0) is 10.1 Å². The van der Waals surface area contributed by atoms with Crippen molar-refractivity contribution in [2.24, 2.45) is 0 Å². The molecule has 0 amide bonds. The largest absolute Gasteiger partial charge is 0.534 e. The van der Waals surface area contributed by atoms with Crippen LogP contribution in [0.2, 0.25) is 0 Å². The molecule has 10 heteroatoms. The summed E-state index contributed by atoms with van der Waals surface area (Å²) < 4.78 is 74.4. The highest BCUT2D eigenvalue weighted by atomic mass is 32.2. The Hall–Kier alpha value is -5.68.